The maximum atomic E-state index is 13.2. The van der Waals surface area contributed by atoms with Crippen LogP contribution in [0.3, 0.4) is 0 Å². The zero-order valence-electron chi connectivity index (χ0n) is 25.6. The molecule has 6 rings (SSSR count). The van der Waals surface area contributed by atoms with Gasteiger partial charge < -0.3 is 20.3 Å². The van der Waals surface area contributed by atoms with Crippen molar-refractivity contribution in [2.45, 2.75) is 41.0 Å². The van der Waals surface area contributed by atoms with Gasteiger partial charge in [-0.15, -0.1) is 0 Å². The van der Waals surface area contributed by atoms with Crippen molar-refractivity contribution < 1.29 is 24.5 Å². The van der Waals surface area contributed by atoms with Crippen LogP contribution in [0, 0.1) is 17.8 Å². The molecule has 0 spiro atoms. The summed E-state index contributed by atoms with van der Waals surface area (Å²) in [4.78, 5) is 39.8. The number of allylic oxidation sites excluding steroid dienone is 11. The molecule has 0 aromatic heterocycles. The number of hydrogen-bond acceptors (Lipinski definition) is 8. The second-order valence-electron chi connectivity index (χ2n) is 11.5. The first kappa shape index (κ1) is 29.0. The Morgan fingerprint density at radius 1 is 1.05 bits per heavy atom. The van der Waals surface area contributed by atoms with E-state index in [1.54, 1.807) is 12.2 Å². The number of esters is 1. The summed E-state index contributed by atoms with van der Waals surface area (Å²) in [5, 5.41) is 24.6. The van der Waals surface area contributed by atoms with E-state index in [2.05, 4.69) is 25.7 Å². The molecule has 9 heteroatoms. The highest BCUT2D eigenvalue weighted by atomic mass is 16.5. The molecule has 6 aliphatic rings. The van der Waals surface area contributed by atoms with Crippen LogP contribution in [0.5, 0.6) is 0 Å². The first-order valence-electron chi connectivity index (χ1n) is 14.6. The van der Waals surface area contributed by atoms with Crippen molar-refractivity contribution in [2.24, 2.45) is 32.7 Å². The van der Waals surface area contributed by atoms with Gasteiger partial charge in [0.1, 0.15) is 11.7 Å². The van der Waals surface area contributed by atoms with Crippen LogP contribution in [0.4, 0.5) is 0 Å². The molecule has 5 heterocycles. The first-order chi connectivity index (χ1) is 21.0. The van der Waals surface area contributed by atoms with Gasteiger partial charge in [0.05, 0.1) is 41.3 Å². The molecule has 0 unspecified atom stereocenters. The lowest BCUT2D eigenvalue weighted by Gasteiger charge is -2.18. The minimum Gasteiger partial charge on any atom is -0.510 e. The molecule has 0 aromatic rings. The molecule has 8 bridgehead atoms. The second kappa shape index (κ2) is 10.6. The minimum atomic E-state index is -1.12. The molecule has 0 radical (unpaired) electrons. The molecule has 1 fully saturated rings. The van der Waals surface area contributed by atoms with E-state index in [1.165, 1.54) is 7.11 Å². The van der Waals surface area contributed by atoms with Crippen LogP contribution in [0.25, 0.3) is 0 Å². The first-order valence-corrected chi connectivity index (χ1v) is 14.6. The Kier molecular flexibility index (Phi) is 6.99. The van der Waals surface area contributed by atoms with Crippen molar-refractivity contribution in [1.29, 1.82) is 0 Å². The van der Waals surface area contributed by atoms with Crippen molar-refractivity contribution in [1.82, 2.24) is 5.32 Å². The molecular weight excluding hydrogens is 556 g/mol. The lowest BCUT2D eigenvalue weighted by Crippen LogP contribution is -2.24. The number of carbonyl (C=O) groups excluding carboxylic acids is 1. The quantitative estimate of drug-likeness (QED) is 0.270. The van der Waals surface area contributed by atoms with E-state index < -0.39 is 23.8 Å². The number of aliphatic hydroxyl groups excluding tert-OH is 1. The minimum absolute atomic E-state index is 0.141. The van der Waals surface area contributed by atoms with E-state index in [9.17, 15) is 19.8 Å². The van der Waals surface area contributed by atoms with Gasteiger partial charge in [-0.1, -0.05) is 32.6 Å². The number of nitrogens with zero attached hydrogens (tertiary/aromatic N) is 3. The number of carboxylic acid groups (broad SMARTS) is 1. The molecule has 0 saturated carbocycles. The maximum absolute atomic E-state index is 13.2. The highest BCUT2D eigenvalue weighted by Crippen LogP contribution is 2.48. The van der Waals surface area contributed by atoms with E-state index in [1.807, 2.05) is 39.0 Å². The summed E-state index contributed by atoms with van der Waals surface area (Å²) in [6.07, 6.45) is 11.1. The Hall–Kier alpha value is -5.05. The van der Waals surface area contributed by atoms with Gasteiger partial charge in [-0.25, -0.2) is 19.8 Å². The summed E-state index contributed by atoms with van der Waals surface area (Å²) in [6, 6.07) is 0. The second-order valence-corrected chi connectivity index (χ2v) is 11.5. The Labute approximate surface area is 255 Å². The standard InChI is InChI=1S/C35H34N4O5/c1-8-19-15(3)22-12-24-17(5)21(10-11-28(40)41)32(38-24)30-31(35(43)44-7)34(42)29-18(6)25(39-33(29)30)14-27-20(9-2)16(4)23(37-27)13-26(19)36-22/h8,10-14,17,21,31,38,42H,1,9H2,2-7H3,(H,40,41)/b11-10-,24-12?,26-13?,27-14?,32-30?/t17-,21-,31+/m0/s1. The zero-order chi connectivity index (χ0) is 31.6. The number of fused-ring (bicyclic) bond motifs is 5. The van der Waals surface area contributed by atoms with E-state index in [-0.39, 0.29) is 11.7 Å². The number of carbonyl (C=O) groups is 2. The third kappa shape index (κ3) is 4.25. The summed E-state index contributed by atoms with van der Waals surface area (Å²) in [6.45, 7) is 14.0. The van der Waals surface area contributed by atoms with Crippen molar-refractivity contribution in [3.05, 3.63) is 116 Å². The maximum Gasteiger partial charge on any atom is 0.327 e. The Bertz CT molecular complexity index is 1860. The molecule has 224 valence electrons. The van der Waals surface area contributed by atoms with Gasteiger partial charge in [-0.3, -0.25) is 4.79 Å². The normalized spacial score (nSPS) is 25.8. The van der Waals surface area contributed by atoms with Gasteiger partial charge in [-0.05, 0) is 67.7 Å². The molecular formula is C35H34N4O5. The van der Waals surface area contributed by atoms with Gasteiger partial charge in [0, 0.05) is 46.0 Å². The summed E-state index contributed by atoms with van der Waals surface area (Å²) in [5.41, 5.74) is 11.2. The third-order valence-corrected chi connectivity index (χ3v) is 9.21. The van der Waals surface area contributed by atoms with E-state index >= 15 is 0 Å². The molecule has 0 amide bonds. The number of aliphatic hydroxyl groups is 1. The summed E-state index contributed by atoms with van der Waals surface area (Å²) >= 11 is 0. The predicted octanol–water partition coefficient (Wildman–Crippen LogP) is 5.88. The van der Waals surface area contributed by atoms with Crippen molar-refractivity contribution in [3.63, 3.8) is 0 Å². The van der Waals surface area contributed by atoms with Crippen LogP contribution in [0.15, 0.2) is 131 Å². The number of rotatable bonds is 5. The van der Waals surface area contributed by atoms with Gasteiger partial charge in [0.25, 0.3) is 0 Å². The number of methoxy groups -OCH3 is 1. The summed E-state index contributed by atoms with van der Waals surface area (Å²) < 4.78 is 5.15. The van der Waals surface area contributed by atoms with Crippen molar-refractivity contribution in [3.8, 4) is 0 Å². The van der Waals surface area contributed by atoms with Crippen molar-refractivity contribution in [2.75, 3.05) is 7.11 Å². The zero-order valence-corrected chi connectivity index (χ0v) is 25.6. The molecule has 1 saturated heterocycles. The Morgan fingerprint density at radius 2 is 1.75 bits per heavy atom. The van der Waals surface area contributed by atoms with Crippen LogP contribution < -0.4 is 5.32 Å². The van der Waals surface area contributed by atoms with Crippen LogP contribution in [-0.2, 0) is 14.3 Å². The monoisotopic (exact) mass is 590 g/mol. The Morgan fingerprint density at radius 3 is 2.41 bits per heavy atom. The van der Waals surface area contributed by atoms with Gasteiger partial charge in [0.15, 0.2) is 0 Å². The lowest BCUT2D eigenvalue weighted by atomic mass is 9.87. The topological polar surface area (TPSA) is 133 Å². The molecule has 1 aliphatic carbocycles. The molecule has 3 atom stereocenters. The molecule has 44 heavy (non-hydrogen) atoms. The highest BCUT2D eigenvalue weighted by Gasteiger charge is 2.48. The van der Waals surface area contributed by atoms with Gasteiger partial charge in [0.2, 0.25) is 0 Å². The van der Waals surface area contributed by atoms with E-state index in [0.29, 0.717) is 33.8 Å². The predicted molar refractivity (Wildman–Crippen MR) is 170 cm³/mol. The van der Waals surface area contributed by atoms with Crippen LogP contribution in [0.2, 0.25) is 0 Å². The van der Waals surface area contributed by atoms with E-state index in [4.69, 9.17) is 19.7 Å². The lowest BCUT2D eigenvalue weighted by molar-refractivity contribution is -0.143. The number of aliphatic imine (C=N–C) groups is 3. The fraction of sp³-hybridized carbons (Fsp3) is 0.286. The fourth-order valence-corrected chi connectivity index (χ4v) is 6.77. The molecule has 3 N–H and O–H groups in total. The summed E-state index contributed by atoms with van der Waals surface area (Å²) in [5.74, 6) is -3.67. The van der Waals surface area contributed by atoms with E-state index in [0.717, 1.165) is 63.3 Å². The van der Waals surface area contributed by atoms with Crippen molar-refractivity contribution >= 4 is 29.1 Å². The SMILES string of the molecule is C=CC1=C(C)C2=NC1=CC1=NC(=CC3=C(C)C4=C(O)[C@H](C(=O)OC)C(=C5NC(=C2)[C@@H](C)[C@@H]5/C=C\C(=O)O)C4=N3)C(CC)=C1C. The van der Waals surface area contributed by atoms with Gasteiger partial charge in [-0.2, -0.15) is 0 Å². The highest BCUT2D eigenvalue weighted by molar-refractivity contribution is 6.24. The van der Waals surface area contributed by atoms with Crippen LogP contribution in [-0.4, -0.2) is 46.4 Å². The smallest absolute Gasteiger partial charge is 0.327 e. The molecule has 9 nitrogen and oxygen atoms in total. The average molecular weight is 591 g/mol. The summed E-state index contributed by atoms with van der Waals surface area (Å²) in [7, 11) is 1.28. The number of ether oxygens (including phenoxy) is 1. The largest absolute Gasteiger partial charge is 0.510 e. The fourth-order valence-electron chi connectivity index (χ4n) is 6.77. The number of nitrogens with one attached hydrogen (secondary N) is 1. The number of hydrogen-bond donors (Lipinski definition) is 3. The van der Waals surface area contributed by atoms with Crippen LogP contribution >= 0.6 is 0 Å². The molecule has 5 aliphatic heterocycles. The Balaban J connectivity index is 1.70. The molecule has 0 aromatic carbocycles. The number of carboxylic acids is 1. The number of aliphatic carboxylic acids is 1. The third-order valence-electron chi connectivity index (χ3n) is 9.21. The average Bonchev–Trinajstić information content (AvgIpc) is 3.72. The van der Waals surface area contributed by atoms with Gasteiger partial charge >= 0.3 is 11.9 Å². The van der Waals surface area contributed by atoms with Crippen LogP contribution in [0.1, 0.15) is 41.0 Å².